The van der Waals surface area contributed by atoms with E-state index in [4.69, 9.17) is 5.73 Å². The van der Waals surface area contributed by atoms with Gasteiger partial charge in [0.25, 0.3) is 0 Å². The molecule has 2 unspecified atom stereocenters. The van der Waals surface area contributed by atoms with Crippen molar-refractivity contribution in [1.29, 1.82) is 0 Å². The van der Waals surface area contributed by atoms with E-state index in [9.17, 15) is 4.39 Å². The summed E-state index contributed by atoms with van der Waals surface area (Å²) >= 11 is 1.74. The number of rotatable bonds is 5. The average molecular weight is 309 g/mol. The molecule has 114 valence electrons. The van der Waals surface area contributed by atoms with Gasteiger partial charge >= 0.3 is 0 Å². The highest BCUT2D eigenvalue weighted by molar-refractivity contribution is 7.12. The van der Waals surface area contributed by atoms with E-state index in [1.54, 1.807) is 11.3 Å². The summed E-state index contributed by atoms with van der Waals surface area (Å²) in [6, 6.07) is 2.23. The molecule has 0 radical (unpaired) electrons. The maximum Gasteiger partial charge on any atom is 0.228 e. The van der Waals surface area contributed by atoms with Gasteiger partial charge in [-0.25, -0.2) is 4.39 Å². The molecule has 2 rings (SSSR count). The Bertz CT molecular complexity index is 606. The Kier molecular flexibility index (Phi) is 4.72. The van der Waals surface area contributed by atoms with E-state index in [0.717, 1.165) is 6.42 Å². The molecule has 5 nitrogen and oxygen atoms in total. The fourth-order valence-electron chi connectivity index (χ4n) is 1.96. The fourth-order valence-corrected chi connectivity index (χ4v) is 3.13. The monoisotopic (exact) mass is 309 g/mol. The number of nitrogens with zero attached hydrogens (tertiary/aromatic N) is 3. The van der Waals surface area contributed by atoms with Crippen molar-refractivity contribution < 1.29 is 4.39 Å². The highest BCUT2D eigenvalue weighted by Gasteiger charge is 2.16. The maximum absolute atomic E-state index is 13.4. The number of anilines is 2. The van der Waals surface area contributed by atoms with Crippen LogP contribution in [0.4, 0.5) is 16.3 Å². The molecule has 0 aliphatic heterocycles. The van der Waals surface area contributed by atoms with Gasteiger partial charge < -0.3 is 11.1 Å². The van der Waals surface area contributed by atoms with Crippen LogP contribution in [0, 0.1) is 13.8 Å². The lowest BCUT2D eigenvalue weighted by atomic mass is 10.1. The number of halogens is 1. The quantitative estimate of drug-likeness (QED) is 0.880. The van der Waals surface area contributed by atoms with Crippen LogP contribution in [0.2, 0.25) is 0 Å². The Hall–Kier alpha value is -1.76. The van der Waals surface area contributed by atoms with Crippen molar-refractivity contribution in [3.63, 3.8) is 0 Å². The molecular formula is C14H20FN5S. The fraction of sp³-hybridized carbons (Fsp3) is 0.500. The lowest BCUT2D eigenvalue weighted by Gasteiger charge is -2.16. The Morgan fingerprint density at radius 2 is 2.05 bits per heavy atom. The predicted molar refractivity (Wildman–Crippen MR) is 84.2 cm³/mol. The van der Waals surface area contributed by atoms with E-state index in [1.807, 2.05) is 0 Å². The highest BCUT2D eigenvalue weighted by atomic mass is 32.1. The summed E-state index contributed by atoms with van der Waals surface area (Å²) in [5.41, 5.74) is 6.88. The van der Waals surface area contributed by atoms with E-state index in [-0.39, 0.29) is 17.8 Å². The van der Waals surface area contributed by atoms with Crippen molar-refractivity contribution >= 4 is 23.2 Å². The van der Waals surface area contributed by atoms with Crippen molar-refractivity contribution in [3.8, 4) is 0 Å². The SMILES string of the molecule is CCC(Nc1nc(N)nc(C(C)F)n1)c1cc(C)c(C)s1. The third-order valence-corrected chi connectivity index (χ3v) is 4.53. The highest BCUT2D eigenvalue weighted by Crippen LogP contribution is 2.30. The molecule has 0 aliphatic rings. The molecule has 0 saturated carbocycles. The molecule has 2 aromatic heterocycles. The summed E-state index contributed by atoms with van der Waals surface area (Å²) in [6.45, 7) is 7.64. The minimum atomic E-state index is -1.28. The third-order valence-electron chi connectivity index (χ3n) is 3.27. The zero-order valence-corrected chi connectivity index (χ0v) is 13.5. The van der Waals surface area contributed by atoms with Crippen LogP contribution in [0.25, 0.3) is 0 Å². The second-order valence-electron chi connectivity index (χ2n) is 4.98. The first-order chi connectivity index (χ1) is 9.90. The van der Waals surface area contributed by atoms with Gasteiger partial charge in [0, 0.05) is 9.75 Å². The van der Waals surface area contributed by atoms with E-state index in [2.05, 4.69) is 47.1 Å². The zero-order valence-electron chi connectivity index (χ0n) is 12.6. The Labute approximate surface area is 127 Å². The van der Waals surface area contributed by atoms with Crippen LogP contribution in [-0.4, -0.2) is 15.0 Å². The second-order valence-corrected chi connectivity index (χ2v) is 6.27. The number of nitrogens with two attached hydrogens (primary N) is 1. The topological polar surface area (TPSA) is 76.7 Å². The van der Waals surface area contributed by atoms with Gasteiger partial charge in [-0.3, -0.25) is 0 Å². The van der Waals surface area contributed by atoms with Gasteiger partial charge in [-0.1, -0.05) is 6.92 Å². The summed E-state index contributed by atoms with van der Waals surface area (Å²) < 4.78 is 13.4. The van der Waals surface area contributed by atoms with Gasteiger partial charge in [-0.2, -0.15) is 15.0 Å². The minimum absolute atomic E-state index is 0.0281. The van der Waals surface area contributed by atoms with Gasteiger partial charge in [-0.15, -0.1) is 11.3 Å². The van der Waals surface area contributed by atoms with Gasteiger partial charge in [0.15, 0.2) is 12.0 Å². The summed E-state index contributed by atoms with van der Waals surface area (Å²) in [5, 5.41) is 3.22. The number of alkyl halides is 1. The van der Waals surface area contributed by atoms with Gasteiger partial charge in [-0.05, 0) is 38.8 Å². The maximum atomic E-state index is 13.4. The standard InChI is InChI=1S/C14H20FN5S/c1-5-10(11-6-7(2)9(4)21-11)17-14-19-12(8(3)15)18-13(16)20-14/h6,8,10H,5H2,1-4H3,(H3,16,17,18,19,20). The Morgan fingerprint density at radius 1 is 1.33 bits per heavy atom. The van der Waals surface area contributed by atoms with Crippen molar-refractivity contribution in [2.45, 2.75) is 46.3 Å². The van der Waals surface area contributed by atoms with Crippen LogP contribution in [0.1, 0.15) is 53.6 Å². The van der Waals surface area contributed by atoms with Crippen LogP contribution in [0.15, 0.2) is 6.07 Å². The van der Waals surface area contributed by atoms with Gasteiger partial charge in [0.1, 0.15) is 0 Å². The third kappa shape index (κ3) is 3.66. The number of thiophene rings is 1. The largest absolute Gasteiger partial charge is 0.368 e. The number of nitrogen functional groups attached to an aromatic ring is 1. The van der Waals surface area contributed by atoms with E-state index in [0.29, 0.717) is 5.95 Å². The predicted octanol–water partition coefficient (Wildman–Crippen LogP) is 3.73. The van der Waals surface area contributed by atoms with Crippen LogP contribution < -0.4 is 11.1 Å². The minimum Gasteiger partial charge on any atom is -0.368 e. The first kappa shape index (κ1) is 15.6. The molecule has 0 aromatic carbocycles. The molecular weight excluding hydrogens is 289 g/mol. The molecule has 7 heteroatoms. The van der Waals surface area contributed by atoms with Gasteiger partial charge in [0.05, 0.1) is 6.04 Å². The summed E-state index contributed by atoms with van der Waals surface area (Å²) in [5.74, 6) is 0.399. The Balaban J connectivity index is 2.26. The van der Waals surface area contributed by atoms with E-state index in [1.165, 1.54) is 22.2 Å². The van der Waals surface area contributed by atoms with E-state index < -0.39 is 6.17 Å². The van der Waals surface area contributed by atoms with Crippen molar-refractivity contribution in [2.75, 3.05) is 11.1 Å². The van der Waals surface area contributed by atoms with Crippen molar-refractivity contribution in [2.24, 2.45) is 0 Å². The summed E-state index contributed by atoms with van der Waals surface area (Å²) in [7, 11) is 0. The number of aryl methyl sites for hydroxylation is 2. The number of nitrogens with one attached hydrogen (secondary N) is 1. The normalized spacial score (nSPS) is 14.0. The zero-order chi connectivity index (χ0) is 15.6. The molecule has 2 heterocycles. The number of aromatic nitrogens is 3. The van der Waals surface area contributed by atoms with Crippen molar-refractivity contribution in [1.82, 2.24) is 15.0 Å². The second kappa shape index (κ2) is 6.34. The molecule has 0 aliphatic carbocycles. The molecule has 2 atom stereocenters. The molecule has 0 fully saturated rings. The molecule has 0 saturated heterocycles. The molecule has 21 heavy (non-hydrogen) atoms. The summed E-state index contributed by atoms with van der Waals surface area (Å²) in [4.78, 5) is 14.4. The lowest BCUT2D eigenvalue weighted by molar-refractivity contribution is 0.356. The summed E-state index contributed by atoms with van der Waals surface area (Å²) in [6.07, 6.45) is -0.409. The Morgan fingerprint density at radius 3 is 2.57 bits per heavy atom. The van der Waals surface area contributed by atoms with Crippen LogP contribution in [0.3, 0.4) is 0 Å². The molecule has 3 N–H and O–H groups in total. The molecule has 0 amide bonds. The lowest BCUT2D eigenvalue weighted by Crippen LogP contribution is -2.14. The smallest absolute Gasteiger partial charge is 0.228 e. The van der Waals surface area contributed by atoms with Crippen LogP contribution in [0.5, 0.6) is 0 Å². The number of hydrogen-bond donors (Lipinski definition) is 2. The van der Waals surface area contributed by atoms with E-state index >= 15 is 0 Å². The van der Waals surface area contributed by atoms with Crippen LogP contribution in [-0.2, 0) is 0 Å². The van der Waals surface area contributed by atoms with Crippen LogP contribution >= 0.6 is 11.3 Å². The average Bonchev–Trinajstić information content (AvgIpc) is 2.75. The molecule has 2 aromatic rings. The number of hydrogen-bond acceptors (Lipinski definition) is 6. The molecule has 0 bridgehead atoms. The first-order valence-electron chi connectivity index (χ1n) is 6.89. The first-order valence-corrected chi connectivity index (χ1v) is 7.71. The van der Waals surface area contributed by atoms with Crippen molar-refractivity contribution in [3.05, 3.63) is 27.2 Å². The molecule has 0 spiro atoms. The van der Waals surface area contributed by atoms with Gasteiger partial charge in [0.2, 0.25) is 11.9 Å².